The second-order valence-electron chi connectivity index (χ2n) is 4.50. The molecule has 0 N–H and O–H groups in total. The van der Waals surface area contributed by atoms with Crippen molar-refractivity contribution in [1.29, 1.82) is 5.26 Å². The van der Waals surface area contributed by atoms with Crippen LogP contribution in [0.4, 0.5) is 0 Å². The summed E-state index contributed by atoms with van der Waals surface area (Å²) in [6.45, 7) is 3.41. The van der Waals surface area contributed by atoms with Gasteiger partial charge >= 0.3 is 0 Å². The van der Waals surface area contributed by atoms with Crippen molar-refractivity contribution in [2.24, 2.45) is 0 Å². The van der Waals surface area contributed by atoms with Crippen LogP contribution in [0, 0.1) is 11.3 Å². The third kappa shape index (κ3) is 4.34. The van der Waals surface area contributed by atoms with E-state index in [-0.39, 0.29) is 0 Å². The summed E-state index contributed by atoms with van der Waals surface area (Å²) in [5.74, 6) is 2.24. The fourth-order valence-electron chi connectivity index (χ4n) is 2.05. The quantitative estimate of drug-likeness (QED) is 0.764. The molecule has 0 saturated carbocycles. The molecule has 0 spiro atoms. The number of hydrogen-bond donors (Lipinski definition) is 0. The topological polar surface area (TPSA) is 53.3 Å². The van der Waals surface area contributed by atoms with Gasteiger partial charge in [-0.25, -0.2) is 0 Å². The molecule has 1 aromatic rings. The highest BCUT2D eigenvalue weighted by Gasteiger charge is 2.14. The molecule has 0 aromatic heterocycles. The summed E-state index contributed by atoms with van der Waals surface area (Å²) in [4.78, 5) is 2.32. The van der Waals surface area contributed by atoms with Gasteiger partial charge in [0.15, 0.2) is 0 Å². The Hall–Kier alpha value is -1.38. The number of ether oxygens (including phenoxy) is 1. The van der Waals surface area contributed by atoms with Crippen LogP contribution < -0.4 is 4.74 Å². The van der Waals surface area contributed by atoms with E-state index < -0.39 is 10.8 Å². The van der Waals surface area contributed by atoms with Gasteiger partial charge in [-0.05, 0) is 18.6 Å². The summed E-state index contributed by atoms with van der Waals surface area (Å²) >= 11 is 0. The number of nitriles is 1. The van der Waals surface area contributed by atoms with E-state index >= 15 is 0 Å². The zero-order chi connectivity index (χ0) is 13.5. The number of hydrogen-bond acceptors (Lipinski definition) is 4. The summed E-state index contributed by atoms with van der Waals surface area (Å²) in [6.07, 6.45) is 0.923. The number of nitrogens with zero attached hydrogens (tertiary/aromatic N) is 2. The molecule has 2 rings (SSSR count). The molecule has 0 bridgehead atoms. The SMILES string of the molecule is N#Cc1ccccc1OCCCN1CCS(=O)CC1. The Labute approximate surface area is 116 Å². The van der Waals surface area contributed by atoms with Crippen molar-refractivity contribution >= 4 is 10.8 Å². The normalized spacial score (nSPS) is 17.0. The molecule has 1 aromatic carbocycles. The Balaban J connectivity index is 1.69. The van der Waals surface area contributed by atoms with Gasteiger partial charge in [-0.1, -0.05) is 12.1 Å². The summed E-state index contributed by atoms with van der Waals surface area (Å²) < 4.78 is 16.9. The average molecular weight is 278 g/mol. The molecule has 1 aliphatic rings. The maximum atomic E-state index is 11.2. The lowest BCUT2D eigenvalue weighted by molar-refractivity contribution is 0.247. The monoisotopic (exact) mass is 278 g/mol. The first kappa shape index (κ1) is 14.0. The molecule has 19 heavy (non-hydrogen) atoms. The maximum Gasteiger partial charge on any atom is 0.137 e. The highest BCUT2D eigenvalue weighted by atomic mass is 32.2. The molecule has 4 nitrogen and oxygen atoms in total. The van der Waals surface area contributed by atoms with Crippen LogP contribution in [0.2, 0.25) is 0 Å². The van der Waals surface area contributed by atoms with Crippen molar-refractivity contribution in [3.63, 3.8) is 0 Å². The lowest BCUT2D eigenvalue weighted by atomic mass is 10.2. The van der Waals surface area contributed by atoms with Gasteiger partial charge in [0.25, 0.3) is 0 Å². The van der Waals surface area contributed by atoms with E-state index in [1.165, 1.54) is 0 Å². The van der Waals surface area contributed by atoms with E-state index in [4.69, 9.17) is 10.00 Å². The Bertz CT molecular complexity index is 475. The summed E-state index contributed by atoms with van der Waals surface area (Å²) in [5.41, 5.74) is 0.580. The van der Waals surface area contributed by atoms with Crippen LogP contribution in [-0.2, 0) is 10.8 Å². The van der Waals surface area contributed by atoms with Crippen LogP contribution in [0.25, 0.3) is 0 Å². The molecule has 1 aliphatic heterocycles. The molecule has 0 radical (unpaired) electrons. The predicted octanol–water partition coefficient (Wildman–Crippen LogP) is 1.39. The van der Waals surface area contributed by atoms with E-state index in [1.807, 2.05) is 18.2 Å². The fourth-order valence-corrected chi connectivity index (χ4v) is 3.18. The number of benzene rings is 1. The molecule has 1 fully saturated rings. The van der Waals surface area contributed by atoms with Crippen molar-refractivity contribution in [1.82, 2.24) is 4.90 Å². The van der Waals surface area contributed by atoms with Crippen LogP contribution in [-0.4, -0.2) is 46.9 Å². The van der Waals surface area contributed by atoms with Crippen molar-refractivity contribution in [2.75, 3.05) is 37.7 Å². The molecule has 1 heterocycles. The smallest absolute Gasteiger partial charge is 0.137 e. The largest absolute Gasteiger partial charge is 0.492 e. The van der Waals surface area contributed by atoms with E-state index in [2.05, 4.69) is 11.0 Å². The molecular weight excluding hydrogens is 260 g/mol. The van der Waals surface area contributed by atoms with E-state index in [0.717, 1.165) is 37.6 Å². The standard InChI is InChI=1S/C14H18N2O2S/c15-12-13-4-1-2-5-14(13)18-9-3-6-16-7-10-19(17)11-8-16/h1-2,4-5H,3,6-11H2. The van der Waals surface area contributed by atoms with Crippen molar-refractivity contribution in [3.8, 4) is 11.8 Å². The van der Waals surface area contributed by atoms with Gasteiger partial charge in [0.2, 0.25) is 0 Å². The molecule has 1 saturated heterocycles. The minimum atomic E-state index is -0.611. The Kier molecular flexibility index (Phi) is 5.37. The van der Waals surface area contributed by atoms with Crippen molar-refractivity contribution < 1.29 is 8.95 Å². The first-order valence-corrected chi connectivity index (χ1v) is 7.97. The molecule has 0 unspecified atom stereocenters. The molecule has 5 heteroatoms. The van der Waals surface area contributed by atoms with Crippen LogP contribution in [0.1, 0.15) is 12.0 Å². The van der Waals surface area contributed by atoms with Gasteiger partial charge in [-0.15, -0.1) is 0 Å². The maximum absolute atomic E-state index is 11.2. The zero-order valence-corrected chi connectivity index (χ0v) is 11.7. The van der Waals surface area contributed by atoms with Gasteiger partial charge in [0, 0.05) is 41.9 Å². The van der Waals surface area contributed by atoms with Crippen LogP contribution >= 0.6 is 0 Å². The van der Waals surface area contributed by atoms with Gasteiger partial charge in [0.1, 0.15) is 11.8 Å². The first-order chi connectivity index (χ1) is 9.29. The van der Waals surface area contributed by atoms with E-state index in [9.17, 15) is 4.21 Å². The van der Waals surface area contributed by atoms with E-state index in [0.29, 0.717) is 17.9 Å². The van der Waals surface area contributed by atoms with Gasteiger partial charge < -0.3 is 9.64 Å². The molecule has 0 atom stereocenters. The number of rotatable bonds is 5. The third-order valence-electron chi connectivity index (χ3n) is 3.15. The summed E-state index contributed by atoms with van der Waals surface area (Å²) in [6, 6.07) is 9.41. The van der Waals surface area contributed by atoms with Crippen molar-refractivity contribution in [2.45, 2.75) is 6.42 Å². The van der Waals surface area contributed by atoms with Crippen LogP contribution in [0.3, 0.4) is 0 Å². The predicted molar refractivity (Wildman–Crippen MR) is 75.6 cm³/mol. The van der Waals surface area contributed by atoms with Crippen LogP contribution in [0.15, 0.2) is 24.3 Å². The van der Waals surface area contributed by atoms with E-state index in [1.54, 1.807) is 6.07 Å². The number of para-hydroxylation sites is 1. The zero-order valence-electron chi connectivity index (χ0n) is 10.9. The van der Waals surface area contributed by atoms with Gasteiger partial charge in [-0.3, -0.25) is 4.21 Å². The Morgan fingerprint density at radius 2 is 2.05 bits per heavy atom. The minimum Gasteiger partial charge on any atom is -0.492 e. The third-order valence-corrected chi connectivity index (χ3v) is 4.43. The average Bonchev–Trinajstić information content (AvgIpc) is 2.46. The van der Waals surface area contributed by atoms with Gasteiger partial charge in [0.05, 0.1) is 12.2 Å². The molecule has 0 amide bonds. The second kappa shape index (κ2) is 7.27. The Morgan fingerprint density at radius 3 is 2.79 bits per heavy atom. The fraction of sp³-hybridized carbons (Fsp3) is 0.500. The minimum absolute atomic E-state index is 0.580. The molecular formula is C14H18N2O2S. The molecule has 102 valence electrons. The molecule has 0 aliphatic carbocycles. The summed E-state index contributed by atoms with van der Waals surface area (Å²) in [5, 5.41) is 8.94. The highest BCUT2D eigenvalue weighted by molar-refractivity contribution is 7.85. The second-order valence-corrected chi connectivity index (χ2v) is 6.20. The lowest BCUT2D eigenvalue weighted by Crippen LogP contribution is -2.38. The van der Waals surface area contributed by atoms with Crippen molar-refractivity contribution in [3.05, 3.63) is 29.8 Å². The highest BCUT2D eigenvalue weighted by Crippen LogP contribution is 2.16. The Morgan fingerprint density at radius 1 is 1.32 bits per heavy atom. The van der Waals surface area contributed by atoms with Crippen LogP contribution in [0.5, 0.6) is 5.75 Å². The lowest BCUT2D eigenvalue weighted by Gasteiger charge is -2.25. The first-order valence-electron chi connectivity index (χ1n) is 6.49. The van der Waals surface area contributed by atoms with Gasteiger partial charge in [-0.2, -0.15) is 5.26 Å². The summed E-state index contributed by atoms with van der Waals surface area (Å²) in [7, 11) is -0.611.